The van der Waals surface area contributed by atoms with Crippen LogP contribution in [0.1, 0.15) is 10.4 Å². The predicted octanol–water partition coefficient (Wildman–Crippen LogP) is 4.05. The molecule has 0 bridgehead atoms. The van der Waals surface area contributed by atoms with E-state index in [0.717, 1.165) is 4.47 Å². The maximum absolute atomic E-state index is 12.3. The molecule has 104 valence electrons. The fourth-order valence-electron chi connectivity index (χ4n) is 1.70. The maximum atomic E-state index is 12.3. The molecule has 0 unspecified atom stereocenters. The van der Waals surface area contributed by atoms with E-state index < -0.39 is 0 Å². The summed E-state index contributed by atoms with van der Waals surface area (Å²) in [6.07, 6.45) is 0. The molecule has 20 heavy (non-hydrogen) atoms. The summed E-state index contributed by atoms with van der Waals surface area (Å²) in [6.45, 7) is 0. The monoisotopic (exact) mass is 398 g/mol. The minimum atomic E-state index is -0.256. The van der Waals surface area contributed by atoms with E-state index in [-0.39, 0.29) is 5.91 Å². The minimum absolute atomic E-state index is 0.256. The molecule has 2 rings (SSSR count). The number of nitrogens with one attached hydrogen (secondary N) is 1. The van der Waals surface area contributed by atoms with Crippen LogP contribution in [-0.2, 0) is 0 Å². The molecule has 0 radical (unpaired) electrons. The molecule has 3 N–H and O–H groups in total. The van der Waals surface area contributed by atoms with Gasteiger partial charge in [-0.15, -0.1) is 0 Å². The Bertz CT molecular complexity index is 642. The third-order valence-electron chi connectivity index (χ3n) is 2.63. The summed E-state index contributed by atoms with van der Waals surface area (Å²) < 4.78 is 6.75. The number of methoxy groups -OCH3 is 1. The highest BCUT2D eigenvalue weighted by molar-refractivity contribution is 9.11. The molecular weight excluding hydrogens is 388 g/mol. The van der Waals surface area contributed by atoms with Crippen LogP contribution in [0.2, 0.25) is 0 Å². The van der Waals surface area contributed by atoms with Crippen molar-refractivity contribution in [3.8, 4) is 5.75 Å². The van der Waals surface area contributed by atoms with Crippen molar-refractivity contribution in [2.45, 2.75) is 0 Å². The van der Waals surface area contributed by atoms with Crippen LogP contribution in [0.3, 0.4) is 0 Å². The third kappa shape index (κ3) is 3.32. The van der Waals surface area contributed by atoms with Gasteiger partial charge in [0.2, 0.25) is 0 Å². The second-order valence-corrected chi connectivity index (χ2v) is 5.81. The molecule has 6 heteroatoms. The number of hydrogen-bond acceptors (Lipinski definition) is 3. The van der Waals surface area contributed by atoms with Gasteiger partial charge in [-0.25, -0.2) is 0 Å². The number of ether oxygens (including phenoxy) is 1. The van der Waals surface area contributed by atoms with Gasteiger partial charge < -0.3 is 15.8 Å². The number of benzene rings is 2. The van der Waals surface area contributed by atoms with Gasteiger partial charge in [-0.05, 0) is 52.3 Å². The number of amides is 1. The highest BCUT2D eigenvalue weighted by atomic mass is 79.9. The average Bonchev–Trinajstić information content (AvgIpc) is 2.40. The zero-order chi connectivity index (χ0) is 14.7. The van der Waals surface area contributed by atoms with Crippen LogP contribution in [0.5, 0.6) is 5.75 Å². The van der Waals surface area contributed by atoms with Crippen molar-refractivity contribution >= 4 is 49.1 Å². The van der Waals surface area contributed by atoms with Crippen molar-refractivity contribution < 1.29 is 9.53 Å². The van der Waals surface area contributed by atoms with E-state index in [1.165, 1.54) is 7.11 Å². The van der Waals surface area contributed by atoms with Gasteiger partial charge in [-0.2, -0.15) is 0 Å². The van der Waals surface area contributed by atoms with E-state index in [9.17, 15) is 4.79 Å². The SMILES string of the molecule is COc1c(Br)cc(Br)cc1C(=O)Nc1ccc(N)cc1. The van der Waals surface area contributed by atoms with E-state index >= 15 is 0 Å². The van der Waals surface area contributed by atoms with Gasteiger partial charge >= 0.3 is 0 Å². The molecule has 2 aromatic carbocycles. The number of nitrogens with two attached hydrogens (primary N) is 1. The molecule has 0 aliphatic rings. The van der Waals surface area contributed by atoms with Gasteiger partial charge in [0.05, 0.1) is 17.1 Å². The van der Waals surface area contributed by atoms with Gasteiger partial charge in [0.15, 0.2) is 0 Å². The quantitative estimate of drug-likeness (QED) is 0.765. The number of nitrogen functional groups attached to an aromatic ring is 1. The number of anilines is 2. The van der Waals surface area contributed by atoms with Crippen LogP contribution in [0.15, 0.2) is 45.3 Å². The Kier molecular flexibility index (Phi) is 4.67. The molecule has 0 fully saturated rings. The van der Waals surface area contributed by atoms with Crippen molar-refractivity contribution in [1.82, 2.24) is 0 Å². The van der Waals surface area contributed by atoms with E-state index in [1.807, 2.05) is 6.07 Å². The molecule has 0 spiro atoms. The van der Waals surface area contributed by atoms with Gasteiger partial charge in [0.25, 0.3) is 5.91 Å². The first-order valence-electron chi connectivity index (χ1n) is 5.71. The van der Waals surface area contributed by atoms with Crippen molar-refractivity contribution in [1.29, 1.82) is 0 Å². The molecular formula is C14H12Br2N2O2. The lowest BCUT2D eigenvalue weighted by Gasteiger charge is -2.12. The van der Waals surface area contributed by atoms with E-state index in [1.54, 1.807) is 30.3 Å². The maximum Gasteiger partial charge on any atom is 0.259 e. The number of halogens is 2. The summed E-state index contributed by atoms with van der Waals surface area (Å²) >= 11 is 6.73. The Morgan fingerprint density at radius 1 is 1.20 bits per heavy atom. The standard InChI is InChI=1S/C14H12Br2N2O2/c1-20-13-11(6-8(15)7-12(13)16)14(19)18-10-4-2-9(17)3-5-10/h2-7H,17H2,1H3,(H,18,19). The molecule has 4 nitrogen and oxygen atoms in total. The van der Waals surface area contributed by atoms with Crippen molar-refractivity contribution in [2.75, 3.05) is 18.2 Å². The molecule has 0 saturated heterocycles. The van der Waals surface area contributed by atoms with Crippen molar-refractivity contribution in [2.24, 2.45) is 0 Å². The van der Waals surface area contributed by atoms with Gasteiger partial charge in [-0.1, -0.05) is 15.9 Å². The van der Waals surface area contributed by atoms with Crippen LogP contribution >= 0.6 is 31.9 Å². The van der Waals surface area contributed by atoms with Crippen LogP contribution in [0, 0.1) is 0 Å². The molecule has 0 heterocycles. The molecule has 1 amide bonds. The zero-order valence-electron chi connectivity index (χ0n) is 10.6. The molecule has 0 aliphatic heterocycles. The van der Waals surface area contributed by atoms with E-state index in [2.05, 4.69) is 37.2 Å². The van der Waals surface area contributed by atoms with Gasteiger partial charge in [-0.3, -0.25) is 4.79 Å². The second kappa shape index (κ2) is 6.28. The molecule has 0 saturated carbocycles. The summed E-state index contributed by atoms with van der Waals surface area (Å²) in [7, 11) is 1.52. The Hall–Kier alpha value is -1.53. The van der Waals surface area contributed by atoms with Gasteiger partial charge in [0, 0.05) is 15.8 Å². The third-order valence-corrected chi connectivity index (χ3v) is 3.67. The lowest BCUT2D eigenvalue weighted by atomic mass is 10.2. The second-order valence-electron chi connectivity index (χ2n) is 4.04. The Balaban J connectivity index is 2.31. The summed E-state index contributed by atoms with van der Waals surface area (Å²) in [6, 6.07) is 10.5. The fourth-order valence-corrected chi connectivity index (χ4v) is 3.09. The molecule has 0 atom stereocenters. The minimum Gasteiger partial charge on any atom is -0.495 e. The highest BCUT2D eigenvalue weighted by Gasteiger charge is 2.16. The first kappa shape index (κ1) is 14.9. The topological polar surface area (TPSA) is 64.3 Å². The smallest absolute Gasteiger partial charge is 0.259 e. The van der Waals surface area contributed by atoms with Crippen LogP contribution in [0.25, 0.3) is 0 Å². The average molecular weight is 400 g/mol. The molecule has 0 aromatic heterocycles. The van der Waals surface area contributed by atoms with Crippen LogP contribution in [0.4, 0.5) is 11.4 Å². The molecule has 0 aliphatic carbocycles. The summed E-state index contributed by atoms with van der Waals surface area (Å²) in [5, 5.41) is 2.80. The number of carbonyl (C=O) groups excluding carboxylic acids is 1. The predicted molar refractivity (Wildman–Crippen MR) is 87.2 cm³/mol. The Morgan fingerprint density at radius 3 is 2.45 bits per heavy atom. The fraction of sp³-hybridized carbons (Fsp3) is 0.0714. The highest BCUT2D eigenvalue weighted by Crippen LogP contribution is 2.33. The lowest BCUT2D eigenvalue weighted by Crippen LogP contribution is -2.13. The Labute approximate surface area is 133 Å². The Morgan fingerprint density at radius 2 is 1.85 bits per heavy atom. The number of hydrogen-bond donors (Lipinski definition) is 2. The summed E-state index contributed by atoms with van der Waals surface area (Å²) in [4.78, 5) is 12.3. The lowest BCUT2D eigenvalue weighted by molar-refractivity contribution is 0.102. The van der Waals surface area contributed by atoms with E-state index in [4.69, 9.17) is 10.5 Å². The van der Waals surface area contributed by atoms with Crippen LogP contribution < -0.4 is 15.8 Å². The van der Waals surface area contributed by atoms with E-state index in [0.29, 0.717) is 27.2 Å². The first-order chi connectivity index (χ1) is 9.51. The number of rotatable bonds is 3. The van der Waals surface area contributed by atoms with Gasteiger partial charge in [0.1, 0.15) is 5.75 Å². The van der Waals surface area contributed by atoms with Crippen molar-refractivity contribution in [3.63, 3.8) is 0 Å². The largest absolute Gasteiger partial charge is 0.495 e. The first-order valence-corrected chi connectivity index (χ1v) is 7.30. The summed E-state index contributed by atoms with van der Waals surface area (Å²) in [5.74, 6) is 0.231. The zero-order valence-corrected chi connectivity index (χ0v) is 13.8. The molecule has 2 aromatic rings. The normalized spacial score (nSPS) is 10.2. The van der Waals surface area contributed by atoms with Crippen molar-refractivity contribution in [3.05, 3.63) is 50.9 Å². The number of carbonyl (C=O) groups is 1. The van der Waals surface area contributed by atoms with Crippen LogP contribution in [-0.4, -0.2) is 13.0 Å². The summed E-state index contributed by atoms with van der Waals surface area (Å²) in [5.41, 5.74) is 7.36.